The van der Waals surface area contributed by atoms with Crippen molar-refractivity contribution < 1.29 is 41.1 Å². The Balaban J connectivity index is 1.28. The lowest BCUT2D eigenvalue weighted by Gasteiger charge is -2.33. The highest BCUT2D eigenvalue weighted by molar-refractivity contribution is 6.31. The van der Waals surface area contributed by atoms with Gasteiger partial charge in [-0.15, -0.1) is 0 Å². The molecule has 2 saturated heterocycles. The molecular weight excluding hydrogens is 715 g/mol. The van der Waals surface area contributed by atoms with Crippen molar-refractivity contribution in [1.82, 2.24) is 29.7 Å². The number of anilines is 2. The number of alkyl halides is 3. The van der Waals surface area contributed by atoms with E-state index in [0.717, 1.165) is 36.2 Å². The fourth-order valence-electron chi connectivity index (χ4n) is 7.91. The predicted octanol–water partition coefficient (Wildman–Crippen LogP) is 5.70. The largest absolute Gasteiger partial charge is 0.461 e. The van der Waals surface area contributed by atoms with E-state index >= 15 is 4.39 Å². The minimum absolute atomic E-state index is 0.0255. The highest BCUT2D eigenvalue weighted by atomic mass is 35.5. The van der Waals surface area contributed by atoms with E-state index in [1.807, 2.05) is 4.90 Å². The number of amides is 1. The molecule has 4 aliphatic rings. The van der Waals surface area contributed by atoms with Crippen LogP contribution < -0.4 is 15.4 Å². The number of halogens is 6. The van der Waals surface area contributed by atoms with E-state index in [9.17, 15) is 22.4 Å². The average Bonchev–Trinajstić information content (AvgIpc) is 3.70. The molecular formula is C34H38ClF5N8O4. The topological polar surface area (TPSA) is 124 Å². The van der Waals surface area contributed by atoms with Gasteiger partial charge in [0.1, 0.15) is 12.4 Å². The van der Waals surface area contributed by atoms with Crippen molar-refractivity contribution >= 4 is 29.0 Å². The number of nitrogen functional groups attached to an aromatic ring is 1. The molecule has 3 aromatic rings. The highest BCUT2D eigenvalue weighted by Gasteiger charge is 2.48. The second kappa shape index (κ2) is 13.7. The Kier molecular flexibility index (Phi) is 9.59. The van der Waals surface area contributed by atoms with Crippen LogP contribution in [-0.4, -0.2) is 81.6 Å². The summed E-state index contributed by atoms with van der Waals surface area (Å²) in [5.74, 6) is -1.25. The summed E-state index contributed by atoms with van der Waals surface area (Å²) >= 11 is 6.00. The van der Waals surface area contributed by atoms with Gasteiger partial charge in [-0.25, -0.2) is 13.8 Å². The molecule has 4 aliphatic heterocycles. The lowest BCUT2D eigenvalue weighted by atomic mass is 9.93. The number of fused-ring (bicyclic) bond motifs is 3. The third kappa shape index (κ3) is 6.34. The third-order valence-corrected chi connectivity index (χ3v) is 10.9. The first-order valence-corrected chi connectivity index (χ1v) is 17.3. The van der Waals surface area contributed by atoms with Gasteiger partial charge in [-0.1, -0.05) is 11.6 Å². The maximum Gasteiger partial charge on any atom is 0.418 e. The van der Waals surface area contributed by atoms with Gasteiger partial charge in [0.25, 0.3) is 5.91 Å². The third-order valence-electron chi connectivity index (χ3n) is 10.6. The molecule has 1 aromatic carbocycles. The highest BCUT2D eigenvalue weighted by Crippen LogP contribution is 2.47. The number of aryl methyl sites for hydroxylation is 1. The number of hydrogen-bond donors (Lipinski definition) is 1. The first kappa shape index (κ1) is 36.3. The number of nitrogens with two attached hydrogens (primary N) is 1. The first-order valence-electron chi connectivity index (χ1n) is 16.9. The summed E-state index contributed by atoms with van der Waals surface area (Å²) in [5, 5.41) is 4.92. The van der Waals surface area contributed by atoms with Crippen molar-refractivity contribution in [3.05, 3.63) is 68.1 Å². The molecule has 0 radical (unpaired) electrons. The monoisotopic (exact) mass is 752 g/mol. The number of aromatic nitrogens is 4. The van der Waals surface area contributed by atoms with Crippen LogP contribution in [0, 0.1) is 12.7 Å². The predicted molar refractivity (Wildman–Crippen MR) is 179 cm³/mol. The van der Waals surface area contributed by atoms with Gasteiger partial charge in [0.15, 0.2) is 11.5 Å². The van der Waals surface area contributed by atoms with Crippen molar-refractivity contribution in [3.63, 3.8) is 0 Å². The first-order chi connectivity index (χ1) is 24.7. The van der Waals surface area contributed by atoms with E-state index in [-0.39, 0.29) is 37.9 Å². The molecule has 0 spiro atoms. The molecule has 1 amide bonds. The van der Waals surface area contributed by atoms with Gasteiger partial charge < -0.3 is 20.1 Å². The summed E-state index contributed by atoms with van der Waals surface area (Å²) in [6.07, 6.45) is -3.26. The van der Waals surface area contributed by atoms with Crippen molar-refractivity contribution in [3.8, 4) is 6.01 Å². The van der Waals surface area contributed by atoms with Crippen LogP contribution in [0.1, 0.15) is 75.9 Å². The van der Waals surface area contributed by atoms with E-state index in [2.05, 4.69) is 15.0 Å². The lowest BCUT2D eigenvalue weighted by molar-refractivity contribution is -0.140. The summed E-state index contributed by atoms with van der Waals surface area (Å²) in [6.45, 7) is 4.27. The van der Waals surface area contributed by atoms with Crippen molar-refractivity contribution in [2.75, 3.05) is 51.0 Å². The van der Waals surface area contributed by atoms with Crippen LogP contribution in [0.25, 0.3) is 0 Å². The summed E-state index contributed by atoms with van der Waals surface area (Å²) in [4.78, 5) is 31.7. The Morgan fingerprint density at radius 1 is 1.23 bits per heavy atom. The quantitative estimate of drug-likeness (QED) is 0.183. The van der Waals surface area contributed by atoms with Gasteiger partial charge in [0, 0.05) is 49.8 Å². The average molecular weight is 753 g/mol. The van der Waals surface area contributed by atoms with Gasteiger partial charge >= 0.3 is 12.2 Å². The molecule has 6 heterocycles. The van der Waals surface area contributed by atoms with E-state index < -0.39 is 51.4 Å². The van der Waals surface area contributed by atoms with Gasteiger partial charge in [-0.2, -0.15) is 28.2 Å². The Hall–Kier alpha value is -4.06. The van der Waals surface area contributed by atoms with E-state index in [1.165, 1.54) is 14.2 Å². The number of ether oxygens (including phenoxy) is 2. The molecule has 280 valence electrons. The molecule has 7 rings (SSSR count). The molecule has 12 nitrogen and oxygen atoms in total. The second-order valence-corrected chi connectivity index (χ2v) is 14.1. The normalized spacial score (nSPS) is 22.7. The van der Waals surface area contributed by atoms with Crippen LogP contribution in [0.5, 0.6) is 6.01 Å². The van der Waals surface area contributed by atoms with Crippen molar-refractivity contribution in [1.29, 1.82) is 0 Å². The molecule has 2 fully saturated rings. The molecule has 2 aromatic heterocycles. The number of hydroxylamine groups is 2. The zero-order chi connectivity index (χ0) is 37.1. The van der Waals surface area contributed by atoms with E-state index in [0.29, 0.717) is 67.0 Å². The molecule has 0 saturated carbocycles. The van der Waals surface area contributed by atoms with Gasteiger partial charge in [-0.3, -0.25) is 19.2 Å². The molecule has 1 unspecified atom stereocenters. The van der Waals surface area contributed by atoms with E-state index in [1.54, 1.807) is 11.6 Å². The number of benzene rings is 1. The standard InChI is InChI=1S/C34H38ClF5N8O4/c1-18-24-15-46(7-5-9-48(24)44-29(18)31(49)45(2)50-3)30-20-16-51-25(26-27(34(38,39)40)21(35)10-22(41)28(26)37)11-23(20)42-32(43-30)52-17-33-6-4-8-47(33)14-19(12-33)13-36/h10,13,25H,4-9,11-12,14-17,41H2,1-3H3/b19-13-/t25?,33-/m0/s1. The number of hydrogen-bond acceptors (Lipinski definition) is 10. The van der Waals surface area contributed by atoms with Crippen LogP contribution in [-0.2, 0) is 41.9 Å². The minimum atomic E-state index is -5.00. The summed E-state index contributed by atoms with van der Waals surface area (Å²) in [5.41, 5.74) is 5.74. The Bertz CT molecular complexity index is 1940. The number of rotatable bonds is 7. The smallest absolute Gasteiger partial charge is 0.418 e. The lowest BCUT2D eigenvalue weighted by Crippen LogP contribution is -2.43. The molecule has 18 heteroatoms. The van der Waals surface area contributed by atoms with Crippen LogP contribution >= 0.6 is 11.6 Å². The number of carbonyl (C=O) groups is 1. The minimum Gasteiger partial charge on any atom is -0.461 e. The van der Waals surface area contributed by atoms with Gasteiger partial charge in [0.2, 0.25) is 0 Å². The van der Waals surface area contributed by atoms with Crippen molar-refractivity contribution in [2.24, 2.45) is 0 Å². The van der Waals surface area contributed by atoms with Crippen LogP contribution in [0.2, 0.25) is 5.02 Å². The fraction of sp³-hybridized carbons (Fsp3) is 0.529. The Morgan fingerprint density at radius 2 is 2.02 bits per heavy atom. The number of nitrogens with zero attached hydrogens (tertiary/aromatic N) is 7. The molecule has 0 aliphatic carbocycles. The molecule has 2 atom stereocenters. The second-order valence-electron chi connectivity index (χ2n) is 13.7. The van der Waals surface area contributed by atoms with Crippen LogP contribution in [0.4, 0.5) is 33.5 Å². The summed E-state index contributed by atoms with van der Waals surface area (Å²) < 4.78 is 86.0. The van der Waals surface area contributed by atoms with E-state index in [4.69, 9.17) is 36.6 Å². The zero-order valence-electron chi connectivity index (χ0n) is 28.8. The van der Waals surface area contributed by atoms with Crippen LogP contribution in [0.3, 0.4) is 0 Å². The summed E-state index contributed by atoms with van der Waals surface area (Å²) in [7, 11) is 2.87. The molecule has 0 bridgehead atoms. The van der Waals surface area contributed by atoms with Crippen LogP contribution in [0.15, 0.2) is 18.0 Å². The maximum atomic E-state index is 15.5. The fourth-order valence-corrected chi connectivity index (χ4v) is 8.23. The van der Waals surface area contributed by atoms with Gasteiger partial charge in [0.05, 0.1) is 65.9 Å². The Morgan fingerprint density at radius 3 is 2.75 bits per heavy atom. The Labute approximate surface area is 301 Å². The zero-order valence-corrected chi connectivity index (χ0v) is 29.6. The van der Waals surface area contributed by atoms with Crippen molar-refractivity contribution in [2.45, 2.75) is 76.5 Å². The molecule has 52 heavy (non-hydrogen) atoms. The number of carbonyl (C=O) groups excluding carboxylic acids is 1. The SMILES string of the molecule is CON(C)C(=O)c1nn2c(c1C)CN(c1nc(OC[C@@]34CCCN3C/C(=C\F)C4)nc3c1COC(c1c(F)c(N)cc(Cl)c1C(F)(F)F)C3)CCC2. The summed E-state index contributed by atoms with van der Waals surface area (Å²) in [6, 6.07) is 0.713. The molecule has 2 N–H and O–H groups in total. The van der Waals surface area contributed by atoms with Gasteiger partial charge in [-0.05, 0) is 50.8 Å². The maximum absolute atomic E-state index is 15.5.